The van der Waals surface area contributed by atoms with Crippen LogP contribution >= 0.6 is 27.3 Å². The van der Waals surface area contributed by atoms with E-state index in [1.165, 1.54) is 25.4 Å². The van der Waals surface area contributed by atoms with E-state index in [-0.39, 0.29) is 6.04 Å². The van der Waals surface area contributed by atoms with Gasteiger partial charge in [-0.05, 0) is 67.9 Å². The van der Waals surface area contributed by atoms with Gasteiger partial charge in [0.25, 0.3) is 0 Å². The van der Waals surface area contributed by atoms with Crippen LogP contribution in [0.4, 0.5) is 0 Å². The van der Waals surface area contributed by atoms with Gasteiger partial charge in [0.1, 0.15) is 11.5 Å². The van der Waals surface area contributed by atoms with Gasteiger partial charge in [-0.25, -0.2) is 0 Å². The molecular weight excluding hydrogens is 310 g/mol. The predicted octanol–water partition coefficient (Wildman–Crippen LogP) is 4.65. The molecule has 0 radical (unpaired) electrons. The van der Waals surface area contributed by atoms with Crippen LogP contribution in [0.1, 0.15) is 39.1 Å². The van der Waals surface area contributed by atoms with Crippen LogP contribution in [0.5, 0.6) is 0 Å². The molecule has 0 aliphatic carbocycles. The Kier molecular flexibility index (Phi) is 3.99. The van der Waals surface area contributed by atoms with Crippen molar-refractivity contribution in [1.82, 2.24) is 5.32 Å². The molecule has 98 valence electrons. The maximum atomic E-state index is 5.74. The number of nitrogens with one attached hydrogen (secondary N) is 1. The van der Waals surface area contributed by atoms with Crippen LogP contribution in [0.2, 0.25) is 0 Å². The first-order valence-corrected chi connectivity index (χ1v) is 7.56. The Bertz CT molecular complexity index is 551. The van der Waals surface area contributed by atoms with E-state index >= 15 is 0 Å². The summed E-state index contributed by atoms with van der Waals surface area (Å²) >= 11 is 5.38. The number of halogens is 1. The molecule has 0 saturated carbocycles. The molecule has 2 aromatic heterocycles. The van der Waals surface area contributed by atoms with E-state index in [9.17, 15) is 0 Å². The number of furan rings is 1. The molecule has 0 spiro atoms. The lowest BCUT2D eigenvalue weighted by atomic mass is 10.0. The van der Waals surface area contributed by atoms with Gasteiger partial charge in [0.05, 0.1) is 9.83 Å². The molecule has 0 amide bonds. The second-order valence-corrected chi connectivity index (χ2v) is 6.98. The third-order valence-corrected chi connectivity index (χ3v) is 5.56. The molecule has 0 fully saturated rings. The lowest BCUT2D eigenvalue weighted by molar-refractivity contribution is 0.496. The van der Waals surface area contributed by atoms with Crippen molar-refractivity contribution in [2.45, 2.75) is 33.7 Å². The highest BCUT2D eigenvalue weighted by Crippen LogP contribution is 2.37. The Balaban J connectivity index is 2.51. The van der Waals surface area contributed by atoms with Crippen molar-refractivity contribution in [2.24, 2.45) is 0 Å². The molecule has 0 saturated heterocycles. The van der Waals surface area contributed by atoms with Gasteiger partial charge >= 0.3 is 0 Å². The second-order valence-electron chi connectivity index (χ2n) is 4.58. The second kappa shape index (κ2) is 5.19. The SMILES string of the molecule is CNC(c1cc(C)c(Br)s1)c1c(C)oc(C)c1C. The number of hydrogen-bond acceptors (Lipinski definition) is 3. The molecular formula is C14H18BrNOS. The molecule has 0 aromatic carbocycles. The molecule has 4 heteroatoms. The normalized spacial score (nSPS) is 13.0. The van der Waals surface area contributed by atoms with Crippen molar-refractivity contribution in [3.05, 3.63) is 42.9 Å². The van der Waals surface area contributed by atoms with Gasteiger partial charge in [-0.15, -0.1) is 11.3 Å². The molecule has 0 bridgehead atoms. The van der Waals surface area contributed by atoms with Crippen molar-refractivity contribution in [3.63, 3.8) is 0 Å². The minimum Gasteiger partial charge on any atom is -0.466 e. The maximum Gasteiger partial charge on any atom is 0.106 e. The minimum atomic E-state index is 0.206. The zero-order chi connectivity index (χ0) is 13.4. The fraction of sp³-hybridized carbons (Fsp3) is 0.429. The van der Waals surface area contributed by atoms with Crippen LogP contribution in [0.25, 0.3) is 0 Å². The van der Waals surface area contributed by atoms with Crippen molar-refractivity contribution < 1.29 is 4.42 Å². The van der Waals surface area contributed by atoms with Crippen LogP contribution in [0.15, 0.2) is 14.3 Å². The van der Waals surface area contributed by atoms with Crippen LogP contribution in [-0.2, 0) is 0 Å². The monoisotopic (exact) mass is 327 g/mol. The summed E-state index contributed by atoms with van der Waals surface area (Å²) in [4.78, 5) is 1.31. The van der Waals surface area contributed by atoms with Gasteiger partial charge in [0.2, 0.25) is 0 Å². The van der Waals surface area contributed by atoms with E-state index in [0.29, 0.717) is 0 Å². The fourth-order valence-corrected chi connectivity index (χ4v) is 3.98. The highest BCUT2D eigenvalue weighted by atomic mass is 79.9. The molecule has 0 aliphatic heterocycles. The zero-order valence-electron chi connectivity index (χ0n) is 11.3. The summed E-state index contributed by atoms with van der Waals surface area (Å²) in [5, 5.41) is 3.40. The van der Waals surface area contributed by atoms with E-state index in [4.69, 9.17) is 4.42 Å². The van der Waals surface area contributed by atoms with Gasteiger partial charge < -0.3 is 9.73 Å². The summed E-state index contributed by atoms with van der Waals surface area (Å²) < 4.78 is 6.94. The van der Waals surface area contributed by atoms with Crippen molar-refractivity contribution in [1.29, 1.82) is 0 Å². The summed E-state index contributed by atoms with van der Waals surface area (Å²) in [5.41, 5.74) is 3.79. The van der Waals surface area contributed by atoms with E-state index in [0.717, 1.165) is 11.5 Å². The van der Waals surface area contributed by atoms with Crippen LogP contribution in [-0.4, -0.2) is 7.05 Å². The average molecular weight is 328 g/mol. The topological polar surface area (TPSA) is 25.2 Å². The summed E-state index contributed by atoms with van der Waals surface area (Å²) in [6.07, 6.45) is 0. The Morgan fingerprint density at radius 1 is 1.22 bits per heavy atom. The van der Waals surface area contributed by atoms with Gasteiger partial charge in [-0.3, -0.25) is 0 Å². The summed E-state index contributed by atoms with van der Waals surface area (Å²) in [5.74, 6) is 2.02. The van der Waals surface area contributed by atoms with Crippen LogP contribution < -0.4 is 5.32 Å². The third-order valence-electron chi connectivity index (χ3n) is 3.36. The molecule has 0 aliphatic rings. The summed E-state index contributed by atoms with van der Waals surface area (Å²) in [6, 6.07) is 2.44. The molecule has 2 nitrogen and oxygen atoms in total. The zero-order valence-corrected chi connectivity index (χ0v) is 13.8. The molecule has 2 heterocycles. The lowest BCUT2D eigenvalue weighted by Gasteiger charge is -2.15. The summed E-state index contributed by atoms with van der Waals surface area (Å²) in [7, 11) is 1.99. The van der Waals surface area contributed by atoms with Gasteiger partial charge in [-0.2, -0.15) is 0 Å². The van der Waals surface area contributed by atoms with Gasteiger partial charge in [-0.1, -0.05) is 0 Å². The van der Waals surface area contributed by atoms with Crippen molar-refractivity contribution in [2.75, 3.05) is 7.05 Å². The Morgan fingerprint density at radius 2 is 1.89 bits per heavy atom. The molecule has 1 N–H and O–H groups in total. The predicted molar refractivity (Wildman–Crippen MR) is 80.6 cm³/mol. The number of aryl methyl sites for hydroxylation is 3. The number of rotatable bonds is 3. The van der Waals surface area contributed by atoms with E-state index in [1.54, 1.807) is 11.3 Å². The first kappa shape index (κ1) is 13.8. The van der Waals surface area contributed by atoms with Crippen LogP contribution in [0, 0.1) is 27.7 Å². The molecule has 1 atom stereocenters. The quantitative estimate of drug-likeness (QED) is 0.887. The lowest BCUT2D eigenvalue weighted by Crippen LogP contribution is -2.17. The molecule has 1 unspecified atom stereocenters. The van der Waals surface area contributed by atoms with Gasteiger partial charge in [0.15, 0.2) is 0 Å². The third kappa shape index (κ3) is 2.29. The summed E-state index contributed by atoms with van der Waals surface area (Å²) in [6.45, 7) is 8.31. The Labute approximate surface area is 121 Å². The van der Waals surface area contributed by atoms with Crippen LogP contribution in [0.3, 0.4) is 0 Å². The first-order chi connectivity index (χ1) is 8.45. The van der Waals surface area contributed by atoms with E-state index < -0.39 is 0 Å². The standard InChI is InChI=1S/C14H18BrNOS/c1-7-6-11(18-14(7)15)13(16-5)12-8(2)9(3)17-10(12)4/h6,13,16H,1-5H3. The number of hydrogen-bond donors (Lipinski definition) is 1. The largest absolute Gasteiger partial charge is 0.466 e. The Hall–Kier alpha value is -0.580. The molecule has 18 heavy (non-hydrogen) atoms. The van der Waals surface area contributed by atoms with Crippen molar-refractivity contribution >= 4 is 27.3 Å². The average Bonchev–Trinajstić information content (AvgIpc) is 2.75. The molecule has 2 rings (SSSR count). The minimum absolute atomic E-state index is 0.206. The number of thiophene rings is 1. The highest BCUT2D eigenvalue weighted by Gasteiger charge is 2.23. The van der Waals surface area contributed by atoms with E-state index in [1.807, 2.05) is 20.9 Å². The maximum absolute atomic E-state index is 5.74. The van der Waals surface area contributed by atoms with Gasteiger partial charge in [0, 0.05) is 10.4 Å². The van der Waals surface area contributed by atoms with Crippen molar-refractivity contribution in [3.8, 4) is 0 Å². The highest BCUT2D eigenvalue weighted by molar-refractivity contribution is 9.11. The Morgan fingerprint density at radius 3 is 2.28 bits per heavy atom. The fourth-order valence-electron chi connectivity index (χ4n) is 2.29. The van der Waals surface area contributed by atoms with E-state index in [2.05, 4.69) is 41.2 Å². The first-order valence-electron chi connectivity index (χ1n) is 5.95. The molecule has 2 aromatic rings. The smallest absolute Gasteiger partial charge is 0.106 e.